The Bertz CT molecular complexity index is 177. The van der Waals surface area contributed by atoms with Gasteiger partial charge in [-0.05, 0) is 19.3 Å². The Balaban J connectivity index is 2.10. The van der Waals surface area contributed by atoms with Gasteiger partial charge in [-0.1, -0.05) is 26.0 Å². The monoisotopic (exact) mass is 182 g/mol. The summed E-state index contributed by atoms with van der Waals surface area (Å²) >= 11 is 0. The highest BCUT2D eigenvalue weighted by atomic mass is 16.7. The van der Waals surface area contributed by atoms with Crippen molar-refractivity contribution < 1.29 is 9.47 Å². The van der Waals surface area contributed by atoms with Gasteiger partial charge in [-0.25, -0.2) is 0 Å². The molecule has 0 aliphatic carbocycles. The third-order valence-electron chi connectivity index (χ3n) is 2.14. The van der Waals surface area contributed by atoms with Crippen molar-refractivity contribution in [2.75, 3.05) is 0 Å². The molecule has 0 radical (unpaired) electrons. The third kappa shape index (κ3) is 3.53. The van der Waals surface area contributed by atoms with E-state index in [2.05, 4.69) is 26.0 Å². The molecule has 1 aliphatic heterocycles. The zero-order chi connectivity index (χ0) is 9.52. The molecule has 0 N–H and O–H groups in total. The predicted octanol–water partition coefficient (Wildman–Crippen LogP) is 3.21. The van der Waals surface area contributed by atoms with Gasteiger partial charge in [0.25, 0.3) is 0 Å². The maximum Gasteiger partial charge on any atom is 0.242 e. The minimum Gasteiger partial charge on any atom is -0.459 e. The SMILES string of the molecule is CC/C=C/CCC(C)C1OC=CO1. The van der Waals surface area contributed by atoms with E-state index in [0.29, 0.717) is 5.92 Å². The zero-order valence-electron chi connectivity index (χ0n) is 8.40. The van der Waals surface area contributed by atoms with Gasteiger partial charge in [0.2, 0.25) is 6.29 Å². The van der Waals surface area contributed by atoms with Crippen molar-refractivity contribution in [3.8, 4) is 0 Å². The summed E-state index contributed by atoms with van der Waals surface area (Å²) in [4.78, 5) is 0. The Hall–Kier alpha value is -0.920. The average Bonchev–Trinajstić information content (AvgIpc) is 2.65. The Kier molecular flexibility index (Phi) is 4.44. The van der Waals surface area contributed by atoms with Crippen molar-refractivity contribution in [2.45, 2.75) is 39.4 Å². The van der Waals surface area contributed by atoms with Crippen molar-refractivity contribution in [2.24, 2.45) is 5.92 Å². The van der Waals surface area contributed by atoms with Crippen LogP contribution in [0.1, 0.15) is 33.1 Å². The fraction of sp³-hybridized carbons (Fsp3) is 0.636. The van der Waals surface area contributed by atoms with Gasteiger partial charge in [-0.2, -0.15) is 0 Å². The van der Waals surface area contributed by atoms with Crippen LogP contribution in [0.4, 0.5) is 0 Å². The molecule has 1 heterocycles. The predicted molar refractivity (Wildman–Crippen MR) is 52.9 cm³/mol. The van der Waals surface area contributed by atoms with E-state index in [1.807, 2.05) is 0 Å². The van der Waals surface area contributed by atoms with Gasteiger partial charge in [-0.3, -0.25) is 0 Å². The van der Waals surface area contributed by atoms with Gasteiger partial charge in [-0.15, -0.1) is 0 Å². The molecule has 2 heteroatoms. The van der Waals surface area contributed by atoms with Gasteiger partial charge < -0.3 is 9.47 Å². The maximum atomic E-state index is 5.24. The van der Waals surface area contributed by atoms with Crippen LogP contribution in [0.5, 0.6) is 0 Å². The normalized spacial score (nSPS) is 18.9. The number of hydrogen-bond acceptors (Lipinski definition) is 2. The lowest BCUT2D eigenvalue weighted by molar-refractivity contribution is -0.0631. The lowest BCUT2D eigenvalue weighted by atomic mass is 10.1. The quantitative estimate of drug-likeness (QED) is 0.608. The summed E-state index contributed by atoms with van der Waals surface area (Å²) in [5, 5.41) is 0. The fourth-order valence-electron chi connectivity index (χ4n) is 1.30. The van der Waals surface area contributed by atoms with E-state index in [9.17, 15) is 0 Å². The molecular weight excluding hydrogens is 164 g/mol. The first-order chi connectivity index (χ1) is 6.34. The van der Waals surface area contributed by atoms with E-state index in [1.165, 1.54) is 0 Å². The minimum atomic E-state index is -0.0602. The Morgan fingerprint density at radius 1 is 1.31 bits per heavy atom. The zero-order valence-corrected chi connectivity index (χ0v) is 8.40. The molecule has 2 nitrogen and oxygen atoms in total. The average molecular weight is 182 g/mol. The summed E-state index contributed by atoms with van der Waals surface area (Å²) in [7, 11) is 0. The highest BCUT2D eigenvalue weighted by Crippen LogP contribution is 2.19. The van der Waals surface area contributed by atoms with E-state index in [-0.39, 0.29) is 6.29 Å². The van der Waals surface area contributed by atoms with Crippen LogP contribution in [-0.4, -0.2) is 6.29 Å². The molecule has 0 spiro atoms. The Morgan fingerprint density at radius 3 is 2.62 bits per heavy atom. The standard InChI is InChI=1S/C11H18O2/c1-3-4-5-6-7-10(2)11-12-8-9-13-11/h4-5,8-11H,3,6-7H2,1-2H3/b5-4+. The van der Waals surface area contributed by atoms with Crippen LogP contribution in [0.3, 0.4) is 0 Å². The lowest BCUT2D eigenvalue weighted by Gasteiger charge is -2.17. The smallest absolute Gasteiger partial charge is 0.242 e. The van der Waals surface area contributed by atoms with Crippen molar-refractivity contribution in [3.05, 3.63) is 24.7 Å². The first kappa shape index (κ1) is 10.2. The first-order valence-corrected chi connectivity index (χ1v) is 4.95. The van der Waals surface area contributed by atoms with E-state index < -0.39 is 0 Å². The molecule has 0 aromatic rings. The molecule has 0 saturated carbocycles. The van der Waals surface area contributed by atoms with Crippen molar-refractivity contribution in [1.82, 2.24) is 0 Å². The van der Waals surface area contributed by atoms with Crippen LogP contribution in [-0.2, 0) is 9.47 Å². The Labute approximate surface area is 80.2 Å². The summed E-state index contributed by atoms with van der Waals surface area (Å²) in [6.07, 6.45) is 10.9. The first-order valence-electron chi connectivity index (χ1n) is 4.95. The summed E-state index contributed by atoms with van der Waals surface area (Å²) in [6.45, 7) is 4.30. The highest BCUT2D eigenvalue weighted by Gasteiger charge is 2.20. The number of hydrogen-bond donors (Lipinski definition) is 0. The number of allylic oxidation sites excluding steroid dienone is 2. The summed E-state index contributed by atoms with van der Waals surface area (Å²) in [5.41, 5.74) is 0. The van der Waals surface area contributed by atoms with E-state index in [1.54, 1.807) is 12.5 Å². The van der Waals surface area contributed by atoms with Crippen LogP contribution in [0.15, 0.2) is 24.7 Å². The van der Waals surface area contributed by atoms with Crippen molar-refractivity contribution in [3.63, 3.8) is 0 Å². The van der Waals surface area contributed by atoms with E-state index in [4.69, 9.17) is 9.47 Å². The fourth-order valence-corrected chi connectivity index (χ4v) is 1.30. The molecule has 1 atom stereocenters. The molecule has 0 saturated heterocycles. The second-order valence-electron chi connectivity index (χ2n) is 3.35. The molecule has 0 aromatic carbocycles. The van der Waals surface area contributed by atoms with Crippen molar-refractivity contribution in [1.29, 1.82) is 0 Å². The van der Waals surface area contributed by atoms with Crippen LogP contribution in [0.2, 0.25) is 0 Å². The van der Waals surface area contributed by atoms with Gasteiger partial charge in [0.1, 0.15) is 12.5 Å². The second kappa shape index (κ2) is 5.68. The van der Waals surface area contributed by atoms with Crippen molar-refractivity contribution >= 4 is 0 Å². The van der Waals surface area contributed by atoms with Crippen LogP contribution >= 0.6 is 0 Å². The topological polar surface area (TPSA) is 18.5 Å². The molecule has 0 amide bonds. The molecule has 1 unspecified atom stereocenters. The minimum absolute atomic E-state index is 0.0602. The third-order valence-corrected chi connectivity index (χ3v) is 2.14. The van der Waals surface area contributed by atoms with E-state index >= 15 is 0 Å². The van der Waals surface area contributed by atoms with Crippen LogP contribution in [0.25, 0.3) is 0 Å². The molecule has 0 bridgehead atoms. The van der Waals surface area contributed by atoms with E-state index in [0.717, 1.165) is 19.3 Å². The molecule has 0 fully saturated rings. The maximum absolute atomic E-state index is 5.24. The largest absolute Gasteiger partial charge is 0.459 e. The molecular formula is C11H18O2. The Morgan fingerprint density at radius 2 is 2.00 bits per heavy atom. The van der Waals surface area contributed by atoms with Gasteiger partial charge >= 0.3 is 0 Å². The lowest BCUT2D eigenvalue weighted by Crippen LogP contribution is -2.17. The molecule has 1 aliphatic rings. The summed E-state index contributed by atoms with van der Waals surface area (Å²) in [6, 6.07) is 0. The van der Waals surface area contributed by atoms with Gasteiger partial charge in [0, 0.05) is 5.92 Å². The summed E-state index contributed by atoms with van der Waals surface area (Å²) in [5.74, 6) is 0.455. The van der Waals surface area contributed by atoms with Crippen LogP contribution < -0.4 is 0 Å². The second-order valence-corrected chi connectivity index (χ2v) is 3.35. The molecule has 0 aromatic heterocycles. The highest BCUT2D eigenvalue weighted by molar-refractivity contribution is 4.82. The number of ether oxygens (including phenoxy) is 2. The van der Waals surface area contributed by atoms with Gasteiger partial charge in [0.15, 0.2) is 0 Å². The van der Waals surface area contributed by atoms with Crippen LogP contribution in [0, 0.1) is 5.92 Å². The van der Waals surface area contributed by atoms with Gasteiger partial charge in [0.05, 0.1) is 0 Å². The molecule has 1 rings (SSSR count). The molecule has 13 heavy (non-hydrogen) atoms. The summed E-state index contributed by atoms with van der Waals surface area (Å²) < 4.78 is 10.5. The number of rotatable bonds is 5. The molecule has 74 valence electrons.